The Hall–Kier alpha value is -1.09. The summed E-state index contributed by atoms with van der Waals surface area (Å²) in [5, 5.41) is 0. The predicted molar refractivity (Wildman–Crippen MR) is 69.5 cm³/mol. The molecule has 1 fully saturated rings. The van der Waals surface area contributed by atoms with Crippen LogP contribution in [0.2, 0.25) is 0 Å². The van der Waals surface area contributed by atoms with E-state index in [4.69, 9.17) is 5.73 Å². The molecule has 0 aromatic heterocycles. The Bertz CT molecular complexity index is 390. The zero-order valence-electron chi connectivity index (χ0n) is 10.6. The summed E-state index contributed by atoms with van der Waals surface area (Å²) >= 11 is 0. The minimum Gasteiger partial charge on any atom is -0.368 e. The van der Waals surface area contributed by atoms with Gasteiger partial charge in [0, 0.05) is 30.4 Å². The molecule has 0 saturated carbocycles. The van der Waals surface area contributed by atoms with Crippen LogP contribution in [0.3, 0.4) is 0 Å². The standard InChI is InChI=1S/C14H21FN2/c1-10(2)13-7-4-8-17(13)14-6-3-5-12(15)11(14)9-16/h3,5-6,10,13H,4,7-9,16H2,1-2H3. The lowest BCUT2D eigenvalue weighted by Crippen LogP contribution is -2.34. The zero-order chi connectivity index (χ0) is 12.4. The highest BCUT2D eigenvalue weighted by atomic mass is 19.1. The maximum absolute atomic E-state index is 13.7. The molecule has 1 saturated heterocycles. The van der Waals surface area contributed by atoms with Crippen LogP contribution in [0.4, 0.5) is 10.1 Å². The van der Waals surface area contributed by atoms with E-state index >= 15 is 0 Å². The van der Waals surface area contributed by atoms with E-state index in [1.807, 2.05) is 6.07 Å². The number of nitrogens with zero attached hydrogens (tertiary/aromatic N) is 1. The predicted octanol–water partition coefficient (Wildman–Crippen LogP) is 2.91. The second-order valence-corrected chi connectivity index (χ2v) is 5.09. The van der Waals surface area contributed by atoms with Gasteiger partial charge in [-0.2, -0.15) is 0 Å². The summed E-state index contributed by atoms with van der Waals surface area (Å²) in [6.07, 6.45) is 2.38. The number of benzene rings is 1. The molecule has 1 atom stereocenters. The Balaban J connectivity index is 2.36. The Morgan fingerprint density at radius 1 is 1.47 bits per heavy atom. The van der Waals surface area contributed by atoms with Gasteiger partial charge in [-0.3, -0.25) is 0 Å². The van der Waals surface area contributed by atoms with Crippen LogP contribution in [0.25, 0.3) is 0 Å². The van der Waals surface area contributed by atoms with Gasteiger partial charge in [-0.15, -0.1) is 0 Å². The first-order valence-corrected chi connectivity index (χ1v) is 6.39. The summed E-state index contributed by atoms with van der Waals surface area (Å²) in [5.74, 6) is 0.408. The van der Waals surface area contributed by atoms with E-state index in [0.29, 0.717) is 17.5 Å². The van der Waals surface area contributed by atoms with E-state index in [2.05, 4.69) is 18.7 Å². The van der Waals surface area contributed by atoms with Gasteiger partial charge in [0.05, 0.1) is 0 Å². The summed E-state index contributed by atoms with van der Waals surface area (Å²) in [6.45, 7) is 5.73. The van der Waals surface area contributed by atoms with E-state index < -0.39 is 0 Å². The summed E-state index contributed by atoms with van der Waals surface area (Å²) in [6, 6.07) is 5.78. The van der Waals surface area contributed by atoms with Gasteiger partial charge >= 0.3 is 0 Å². The number of hydrogen-bond donors (Lipinski definition) is 1. The molecule has 1 unspecified atom stereocenters. The summed E-state index contributed by atoms with van der Waals surface area (Å²) in [7, 11) is 0. The van der Waals surface area contributed by atoms with Crippen molar-refractivity contribution in [2.75, 3.05) is 11.4 Å². The Morgan fingerprint density at radius 3 is 2.88 bits per heavy atom. The van der Waals surface area contributed by atoms with E-state index in [-0.39, 0.29) is 12.4 Å². The molecule has 0 bridgehead atoms. The van der Waals surface area contributed by atoms with Crippen molar-refractivity contribution in [1.29, 1.82) is 0 Å². The molecule has 1 aromatic rings. The van der Waals surface area contributed by atoms with Gasteiger partial charge in [0.15, 0.2) is 0 Å². The van der Waals surface area contributed by atoms with Crippen LogP contribution in [-0.2, 0) is 6.54 Å². The maximum Gasteiger partial charge on any atom is 0.129 e. The van der Waals surface area contributed by atoms with Gasteiger partial charge < -0.3 is 10.6 Å². The van der Waals surface area contributed by atoms with Gasteiger partial charge in [0.2, 0.25) is 0 Å². The average Bonchev–Trinajstić information content (AvgIpc) is 2.77. The van der Waals surface area contributed by atoms with Crippen molar-refractivity contribution in [3.05, 3.63) is 29.6 Å². The molecule has 1 aliphatic heterocycles. The first kappa shape index (κ1) is 12.4. The monoisotopic (exact) mass is 236 g/mol. The number of anilines is 1. The minimum absolute atomic E-state index is 0.181. The van der Waals surface area contributed by atoms with Crippen LogP contribution in [0.15, 0.2) is 18.2 Å². The molecule has 2 N–H and O–H groups in total. The van der Waals surface area contributed by atoms with Crippen molar-refractivity contribution in [3.8, 4) is 0 Å². The molecule has 17 heavy (non-hydrogen) atoms. The van der Waals surface area contributed by atoms with Gasteiger partial charge in [-0.05, 0) is 30.9 Å². The number of nitrogens with two attached hydrogens (primary N) is 1. The second-order valence-electron chi connectivity index (χ2n) is 5.09. The molecule has 1 heterocycles. The summed E-state index contributed by atoms with van der Waals surface area (Å²) < 4.78 is 13.7. The highest BCUT2D eigenvalue weighted by Gasteiger charge is 2.28. The second kappa shape index (κ2) is 5.05. The Labute approximate surface area is 103 Å². The van der Waals surface area contributed by atoms with Gasteiger partial charge in [-0.25, -0.2) is 4.39 Å². The molecule has 0 amide bonds. The molecular weight excluding hydrogens is 215 g/mol. The first-order valence-electron chi connectivity index (χ1n) is 6.39. The number of halogens is 1. The minimum atomic E-state index is -0.181. The van der Waals surface area contributed by atoms with Crippen LogP contribution >= 0.6 is 0 Å². The fraction of sp³-hybridized carbons (Fsp3) is 0.571. The van der Waals surface area contributed by atoms with Crippen molar-refractivity contribution >= 4 is 5.69 Å². The number of rotatable bonds is 3. The molecule has 1 aromatic carbocycles. The SMILES string of the molecule is CC(C)C1CCCN1c1cccc(F)c1CN. The van der Waals surface area contributed by atoms with E-state index in [0.717, 1.165) is 12.2 Å². The smallest absolute Gasteiger partial charge is 0.129 e. The maximum atomic E-state index is 13.7. The molecule has 3 heteroatoms. The Kier molecular flexibility index (Phi) is 3.67. The Morgan fingerprint density at radius 2 is 2.24 bits per heavy atom. The first-order chi connectivity index (χ1) is 8.15. The highest BCUT2D eigenvalue weighted by molar-refractivity contribution is 5.55. The fourth-order valence-electron chi connectivity index (χ4n) is 2.80. The average molecular weight is 236 g/mol. The molecule has 2 nitrogen and oxygen atoms in total. The van der Waals surface area contributed by atoms with Crippen molar-refractivity contribution in [2.24, 2.45) is 11.7 Å². The quantitative estimate of drug-likeness (QED) is 0.874. The number of hydrogen-bond acceptors (Lipinski definition) is 2. The highest BCUT2D eigenvalue weighted by Crippen LogP contribution is 2.32. The van der Waals surface area contributed by atoms with Crippen LogP contribution in [0.1, 0.15) is 32.3 Å². The van der Waals surface area contributed by atoms with E-state index in [9.17, 15) is 4.39 Å². The molecule has 2 rings (SSSR count). The molecule has 94 valence electrons. The topological polar surface area (TPSA) is 29.3 Å². The lowest BCUT2D eigenvalue weighted by molar-refractivity contribution is 0.490. The molecule has 0 aliphatic carbocycles. The van der Waals surface area contributed by atoms with Gasteiger partial charge in [-0.1, -0.05) is 19.9 Å². The lowest BCUT2D eigenvalue weighted by Gasteiger charge is -2.31. The normalized spacial score (nSPS) is 20.3. The van der Waals surface area contributed by atoms with E-state index in [1.165, 1.54) is 18.9 Å². The molecule has 0 spiro atoms. The lowest BCUT2D eigenvalue weighted by atomic mass is 10.0. The van der Waals surface area contributed by atoms with Gasteiger partial charge in [0.1, 0.15) is 5.82 Å². The summed E-state index contributed by atoms with van der Waals surface area (Å²) in [5.41, 5.74) is 7.32. The van der Waals surface area contributed by atoms with Crippen LogP contribution in [-0.4, -0.2) is 12.6 Å². The third-order valence-electron chi connectivity index (χ3n) is 3.68. The van der Waals surface area contributed by atoms with Crippen molar-refractivity contribution in [2.45, 2.75) is 39.3 Å². The molecule has 1 aliphatic rings. The van der Waals surface area contributed by atoms with Crippen LogP contribution in [0.5, 0.6) is 0 Å². The summed E-state index contributed by atoms with van der Waals surface area (Å²) in [4.78, 5) is 2.33. The van der Waals surface area contributed by atoms with Crippen molar-refractivity contribution < 1.29 is 4.39 Å². The van der Waals surface area contributed by atoms with Crippen LogP contribution < -0.4 is 10.6 Å². The van der Waals surface area contributed by atoms with Crippen molar-refractivity contribution in [3.63, 3.8) is 0 Å². The molecular formula is C14H21FN2. The van der Waals surface area contributed by atoms with Gasteiger partial charge in [0.25, 0.3) is 0 Å². The molecule has 0 radical (unpaired) electrons. The fourth-order valence-corrected chi connectivity index (χ4v) is 2.80. The third-order valence-corrected chi connectivity index (χ3v) is 3.68. The van der Waals surface area contributed by atoms with E-state index in [1.54, 1.807) is 6.07 Å². The third kappa shape index (κ3) is 2.29. The largest absolute Gasteiger partial charge is 0.368 e. The van der Waals surface area contributed by atoms with Crippen molar-refractivity contribution in [1.82, 2.24) is 0 Å². The van der Waals surface area contributed by atoms with Crippen LogP contribution in [0, 0.1) is 11.7 Å². The zero-order valence-corrected chi connectivity index (χ0v) is 10.6.